The van der Waals surface area contributed by atoms with Crippen molar-refractivity contribution in [2.75, 3.05) is 39.3 Å². The van der Waals surface area contributed by atoms with Crippen LogP contribution in [0, 0.1) is 5.92 Å². The van der Waals surface area contributed by atoms with E-state index in [9.17, 15) is 47.9 Å². The van der Waals surface area contributed by atoms with Crippen LogP contribution in [0.2, 0.25) is 0 Å². The number of carboxylic acids is 2. The van der Waals surface area contributed by atoms with E-state index in [0.29, 0.717) is 24.9 Å². The van der Waals surface area contributed by atoms with Crippen molar-refractivity contribution in [2.24, 2.45) is 50.3 Å². The summed E-state index contributed by atoms with van der Waals surface area (Å²) in [5.74, 6) is -9.88. The fourth-order valence-corrected chi connectivity index (χ4v) is 6.51. The Hall–Kier alpha value is -7.62. The van der Waals surface area contributed by atoms with Crippen molar-refractivity contribution >= 4 is 71.1 Å². The topological polar surface area (TPSA) is 488 Å². The molecule has 0 aliphatic heterocycles. The first kappa shape index (κ1) is 61.4. The number of unbranched alkanes of at least 4 members (excludes halogenated alkanes) is 1. The maximum absolute atomic E-state index is 14.2. The van der Waals surface area contributed by atoms with Crippen LogP contribution < -0.4 is 76.9 Å². The predicted octanol–water partition coefficient (Wildman–Crippen LogP) is -5.83. The van der Waals surface area contributed by atoms with Gasteiger partial charge >= 0.3 is 11.9 Å². The molecule has 28 heteroatoms. The third-order valence-electron chi connectivity index (χ3n) is 10.0. The predicted molar refractivity (Wildman–Crippen MR) is 259 cm³/mol. The average Bonchev–Trinajstić information content (AvgIpc) is 3.29. The first-order valence-electron chi connectivity index (χ1n) is 22.9. The molecule has 0 spiro atoms. The van der Waals surface area contributed by atoms with Gasteiger partial charge in [-0.15, -0.1) is 0 Å². The Morgan fingerprint density at radius 2 is 1.00 bits per heavy atom. The van der Waals surface area contributed by atoms with Gasteiger partial charge in [-0.05, 0) is 69.4 Å². The minimum Gasteiger partial charge on any atom is -0.481 e. The number of hydrogen-bond donors (Lipinski definition) is 16. The normalized spacial score (nSPS) is 13.3. The molecule has 6 atom stereocenters. The maximum atomic E-state index is 14.2. The molecule has 22 N–H and O–H groups in total. The number of nitrogens with zero attached hydrogens (tertiary/aromatic N) is 2. The quantitative estimate of drug-likeness (QED) is 0.0171. The standard InChI is InChI=1S/C43H72N16O12/c1-24(2)18-30(55-33(61)22-52-32(60)21-53-37(67)28(13-8-16-50-42(46)47)56-36(66)26(45)20-34(62)63)40(70)59-31(19-25-10-4-3-5-11-25)41(71)58-29(14-9-17-51-43(48)49)39(69)57-27(12-6-7-15-44)38(68)54-23-35(64)65/h3-5,10-11,24,26-31H,6-9,12-23,44-45H2,1-2H3,(H,52,60)(H,53,67)(H,54,68)(H,55,61)(H,56,66)(H,57,69)(H,58,71)(H,59,70)(H,62,63)(H,64,65)(H4,46,47,50)(H4,48,49,51)/t26-,27-,28-,29-,30-,31-/m0/s1. The Morgan fingerprint density at radius 3 is 1.51 bits per heavy atom. The van der Waals surface area contributed by atoms with Crippen molar-refractivity contribution in [3.63, 3.8) is 0 Å². The first-order chi connectivity index (χ1) is 33.5. The molecule has 1 aromatic rings. The number of rotatable bonds is 35. The van der Waals surface area contributed by atoms with Gasteiger partial charge in [0.1, 0.15) is 36.8 Å². The van der Waals surface area contributed by atoms with E-state index in [-0.39, 0.29) is 75.9 Å². The minimum absolute atomic E-state index is 0.0317. The van der Waals surface area contributed by atoms with Gasteiger partial charge in [0.15, 0.2) is 11.9 Å². The molecular weight excluding hydrogens is 933 g/mol. The van der Waals surface area contributed by atoms with Crippen LogP contribution in [0.1, 0.15) is 77.2 Å². The summed E-state index contributed by atoms with van der Waals surface area (Å²) in [6.45, 7) is 1.95. The zero-order valence-electron chi connectivity index (χ0n) is 40.1. The van der Waals surface area contributed by atoms with Crippen molar-refractivity contribution < 1.29 is 58.2 Å². The highest BCUT2D eigenvalue weighted by molar-refractivity contribution is 5.97. The van der Waals surface area contributed by atoms with Gasteiger partial charge < -0.3 is 87.1 Å². The Morgan fingerprint density at radius 1 is 0.535 bits per heavy atom. The molecule has 0 aromatic heterocycles. The van der Waals surface area contributed by atoms with E-state index in [1.807, 2.05) is 0 Å². The van der Waals surface area contributed by atoms with Crippen LogP contribution in [-0.4, -0.2) is 157 Å². The molecule has 396 valence electrons. The Kier molecular flexibility index (Phi) is 29.2. The number of benzene rings is 1. The smallest absolute Gasteiger partial charge is 0.322 e. The molecule has 1 aromatic carbocycles. The molecule has 71 heavy (non-hydrogen) atoms. The van der Waals surface area contributed by atoms with E-state index in [4.69, 9.17) is 44.6 Å². The summed E-state index contributed by atoms with van der Waals surface area (Å²) < 4.78 is 0. The molecule has 0 saturated heterocycles. The molecule has 0 saturated carbocycles. The molecule has 0 heterocycles. The first-order valence-corrected chi connectivity index (χ1v) is 22.9. The summed E-state index contributed by atoms with van der Waals surface area (Å²) in [7, 11) is 0. The lowest BCUT2D eigenvalue weighted by Gasteiger charge is -2.27. The van der Waals surface area contributed by atoms with Gasteiger partial charge in [-0.1, -0.05) is 44.2 Å². The van der Waals surface area contributed by atoms with Crippen LogP contribution in [0.3, 0.4) is 0 Å². The minimum atomic E-state index is -1.48. The van der Waals surface area contributed by atoms with Crippen LogP contribution >= 0.6 is 0 Å². The molecule has 8 amide bonds. The number of hydrogen-bond acceptors (Lipinski definition) is 14. The number of guanidine groups is 2. The van der Waals surface area contributed by atoms with Gasteiger partial charge in [0.2, 0.25) is 47.3 Å². The maximum Gasteiger partial charge on any atom is 0.322 e. The second-order valence-corrected chi connectivity index (χ2v) is 16.7. The van der Waals surface area contributed by atoms with E-state index in [0.717, 1.165) is 0 Å². The molecule has 28 nitrogen and oxygen atoms in total. The van der Waals surface area contributed by atoms with Gasteiger partial charge in [-0.3, -0.25) is 57.9 Å². The number of nitrogens with one attached hydrogen (secondary N) is 8. The highest BCUT2D eigenvalue weighted by atomic mass is 16.4. The zero-order chi connectivity index (χ0) is 53.5. The zero-order valence-corrected chi connectivity index (χ0v) is 40.1. The number of aliphatic carboxylic acids is 2. The largest absolute Gasteiger partial charge is 0.481 e. The molecule has 0 bridgehead atoms. The Balaban J connectivity index is 3.25. The van der Waals surface area contributed by atoms with E-state index in [1.54, 1.807) is 44.2 Å². The number of carboxylic acid groups (broad SMARTS) is 2. The Labute approximate surface area is 410 Å². The monoisotopic (exact) mass is 1000 g/mol. The van der Waals surface area contributed by atoms with Gasteiger partial charge in [-0.2, -0.15) is 0 Å². The third kappa shape index (κ3) is 27.8. The van der Waals surface area contributed by atoms with Gasteiger partial charge in [0, 0.05) is 19.5 Å². The van der Waals surface area contributed by atoms with Crippen molar-refractivity contribution in [2.45, 2.75) is 114 Å². The number of amides is 8. The van der Waals surface area contributed by atoms with E-state index in [2.05, 4.69) is 52.5 Å². The van der Waals surface area contributed by atoms with Crippen molar-refractivity contribution in [1.29, 1.82) is 0 Å². The van der Waals surface area contributed by atoms with Crippen LogP contribution in [0.15, 0.2) is 40.3 Å². The van der Waals surface area contributed by atoms with Crippen molar-refractivity contribution in [1.82, 2.24) is 42.5 Å². The summed E-state index contributed by atoms with van der Waals surface area (Å²) in [4.78, 5) is 136. The molecule has 0 radical (unpaired) electrons. The van der Waals surface area contributed by atoms with Crippen molar-refractivity contribution in [3.8, 4) is 0 Å². The lowest BCUT2D eigenvalue weighted by molar-refractivity contribution is -0.140. The summed E-state index contributed by atoms with van der Waals surface area (Å²) in [6.07, 6.45) is 0.547. The average molecular weight is 1010 g/mol. The lowest BCUT2D eigenvalue weighted by Crippen LogP contribution is -2.59. The molecule has 1 rings (SSSR count). The van der Waals surface area contributed by atoms with E-state index < -0.39 is 122 Å². The van der Waals surface area contributed by atoms with Crippen LogP contribution in [-0.2, 0) is 54.4 Å². The van der Waals surface area contributed by atoms with E-state index in [1.165, 1.54) is 0 Å². The summed E-state index contributed by atoms with van der Waals surface area (Å²) in [5.41, 5.74) is 33.4. The third-order valence-corrected chi connectivity index (χ3v) is 10.0. The fraction of sp³-hybridized carbons (Fsp3) is 0.581. The highest BCUT2D eigenvalue weighted by Gasteiger charge is 2.32. The second kappa shape index (κ2) is 33.8. The Bertz CT molecular complexity index is 2000. The SMILES string of the molecule is CC(C)C[C@H](NC(=O)CNC(=O)CNC(=O)[C@H](CCCN=C(N)N)NC(=O)[C@@H](N)CC(=O)O)C(=O)N[C@@H](Cc1ccccc1)C(=O)N[C@@H](CCCN=C(N)N)C(=O)N[C@@H](CCCCN)C(=O)NCC(=O)O. The van der Waals surface area contributed by atoms with Gasteiger partial charge in [0.05, 0.1) is 25.6 Å². The number of carbonyl (C=O) groups excluding carboxylic acids is 8. The van der Waals surface area contributed by atoms with Gasteiger partial charge in [-0.25, -0.2) is 0 Å². The number of nitrogens with two attached hydrogens (primary N) is 6. The fourth-order valence-electron chi connectivity index (χ4n) is 6.51. The highest BCUT2D eigenvalue weighted by Crippen LogP contribution is 2.10. The molecule has 0 unspecified atom stereocenters. The number of carbonyl (C=O) groups is 10. The lowest BCUT2D eigenvalue weighted by atomic mass is 10.0. The van der Waals surface area contributed by atoms with Crippen LogP contribution in [0.5, 0.6) is 0 Å². The summed E-state index contributed by atoms with van der Waals surface area (Å²) in [6, 6.07) is 0.699. The van der Waals surface area contributed by atoms with Crippen LogP contribution in [0.25, 0.3) is 0 Å². The molecular formula is C43H72N16O12. The van der Waals surface area contributed by atoms with Crippen molar-refractivity contribution in [3.05, 3.63) is 35.9 Å². The summed E-state index contributed by atoms with van der Waals surface area (Å²) in [5, 5.41) is 37.8. The molecule has 0 aliphatic carbocycles. The number of aliphatic imine (C=N–C) groups is 2. The van der Waals surface area contributed by atoms with Gasteiger partial charge in [0.25, 0.3) is 0 Å². The molecule has 0 aliphatic rings. The molecule has 0 fully saturated rings. The second-order valence-electron chi connectivity index (χ2n) is 16.7. The summed E-state index contributed by atoms with van der Waals surface area (Å²) >= 11 is 0. The van der Waals surface area contributed by atoms with Crippen LogP contribution in [0.4, 0.5) is 0 Å². The van der Waals surface area contributed by atoms with E-state index >= 15 is 0 Å².